The lowest BCUT2D eigenvalue weighted by Crippen LogP contribution is -2.35. The van der Waals surface area contributed by atoms with Crippen LogP contribution in [0.1, 0.15) is 53.6 Å². The van der Waals surface area contributed by atoms with Gasteiger partial charge in [-0.15, -0.1) is 0 Å². The molecule has 0 saturated heterocycles. The summed E-state index contributed by atoms with van der Waals surface area (Å²) in [4.78, 5) is 19.5. The zero-order valence-corrected chi connectivity index (χ0v) is 15.2. The van der Waals surface area contributed by atoms with E-state index in [2.05, 4.69) is 4.98 Å². The van der Waals surface area contributed by atoms with Crippen LogP contribution >= 0.6 is 0 Å². The summed E-state index contributed by atoms with van der Waals surface area (Å²) in [6.07, 6.45) is 10.9. The second-order valence-electron chi connectivity index (χ2n) is 7.47. The second kappa shape index (κ2) is 7.90. The lowest BCUT2D eigenvalue weighted by atomic mass is 9.88. The largest absolute Gasteiger partial charge is 0.493 e. The molecule has 1 saturated carbocycles. The summed E-state index contributed by atoms with van der Waals surface area (Å²) >= 11 is 0. The van der Waals surface area contributed by atoms with Crippen LogP contribution in [0.3, 0.4) is 0 Å². The molecule has 0 spiro atoms. The Morgan fingerprint density at radius 1 is 1.19 bits per heavy atom. The number of aromatic nitrogens is 1. The van der Waals surface area contributed by atoms with Crippen molar-refractivity contribution >= 4 is 5.91 Å². The van der Waals surface area contributed by atoms with Crippen molar-refractivity contribution in [2.45, 2.75) is 45.1 Å². The highest BCUT2D eigenvalue weighted by Gasteiger charge is 2.23. The molecule has 1 amide bonds. The Morgan fingerprint density at radius 2 is 2.08 bits per heavy atom. The van der Waals surface area contributed by atoms with Gasteiger partial charge in [-0.1, -0.05) is 25.3 Å². The number of fused-ring (bicyclic) bond motifs is 1. The number of ether oxygens (including phenoxy) is 1. The SMILES string of the molecule is O=C(c1ccc2c(c1)CCO2)N(Cc1cccnc1)CC1CCCCC1. The fourth-order valence-electron chi connectivity index (χ4n) is 4.11. The Labute approximate surface area is 155 Å². The number of pyridine rings is 1. The molecule has 2 aliphatic rings. The Balaban J connectivity index is 1.55. The monoisotopic (exact) mass is 350 g/mol. The summed E-state index contributed by atoms with van der Waals surface area (Å²) in [5.74, 6) is 1.66. The maximum atomic E-state index is 13.3. The molecule has 4 rings (SSSR count). The van der Waals surface area contributed by atoms with Crippen LogP contribution in [0.25, 0.3) is 0 Å². The van der Waals surface area contributed by atoms with Gasteiger partial charge in [-0.25, -0.2) is 0 Å². The van der Waals surface area contributed by atoms with Crippen LogP contribution in [-0.4, -0.2) is 28.9 Å². The van der Waals surface area contributed by atoms with Gasteiger partial charge in [0.25, 0.3) is 5.91 Å². The number of benzene rings is 1. The molecule has 0 N–H and O–H groups in total. The van der Waals surface area contributed by atoms with Crippen molar-refractivity contribution in [2.75, 3.05) is 13.2 Å². The van der Waals surface area contributed by atoms with Gasteiger partial charge in [-0.05, 0) is 54.2 Å². The van der Waals surface area contributed by atoms with Gasteiger partial charge in [0, 0.05) is 37.5 Å². The van der Waals surface area contributed by atoms with Gasteiger partial charge in [0.05, 0.1) is 6.61 Å². The number of nitrogens with zero attached hydrogens (tertiary/aromatic N) is 2. The fourth-order valence-corrected chi connectivity index (χ4v) is 4.11. The zero-order chi connectivity index (χ0) is 17.8. The normalized spacial score (nSPS) is 16.8. The molecule has 1 aliphatic carbocycles. The predicted molar refractivity (Wildman–Crippen MR) is 101 cm³/mol. The molecule has 0 radical (unpaired) electrons. The summed E-state index contributed by atoms with van der Waals surface area (Å²) in [7, 11) is 0. The first-order valence-electron chi connectivity index (χ1n) is 9.73. The van der Waals surface area contributed by atoms with Gasteiger partial charge < -0.3 is 9.64 Å². The predicted octanol–water partition coefficient (Wildman–Crippen LogP) is 4.24. The number of amides is 1. The summed E-state index contributed by atoms with van der Waals surface area (Å²) in [6.45, 7) is 2.17. The quantitative estimate of drug-likeness (QED) is 0.810. The van der Waals surface area contributed by atoms with Gasteiger partial charge in [0.1, 0.15) is 5.75 Å². The summed E-state index contributed by atoms with van der Waals surface area (Å²) < 4.78 is 5.58. The van der Waals surface area contributed by atoms with Crippen LogP contribution in [0.5, 0.6) is 5.75 Å². The minimum Gasteiger partial charge on any atom is -0.493 e. The Morgan fingerprint density at radius 3 is 2.88 bits per heavy atom. The third-order valence-corrected chi connectivity index (χ3v) is 5.52. The van der Waals surface area contributed by atoms with Gasteiger partial charge in [0.2, 0.25) is 0 Å². The minimum atomic E-state index is 0.120. The fraction of sp³-hybridized carbons (Fsp3) is 0.455. The van der Waals surface area contributed by atoms with E-state index in [1.54, 1.807) is 6.20 Å². The van der Waals surface area contributed by atoms with Crippen molar-refractivity contribution in [3.63, 3.8) is 0 Å². The number of rotatable bonds is 5. The van der Waals surface area contributed by atoms with Gasteiger partial charge in [-0.2, -0.15) is 0 Å². The average Bonchev–Trinajstić information content (AvgIpc) is 3.16. The molecule has 136 valence electrons. The van der Waals surface area contributed by atoms with E-state index in [4.69, 9.17) is 4.74 Å². The zero-order valence-electron chi connectivity index (χ0n) is 15.2. The van der Waals surface area contributed by atoms with Crippen LogP contribution in [0.4, 0.5) is 0 Å². The van der Waals surface area contributed by atoms with Crippen LogP contribution in [-0.2, 0) is 13.0 Å². The molecule has 1 aliphatic heterocycles. The number of hydrogen-bond acceptors (Lipinski definition) is 3. The molecule has 1 aromatic heterocycles. The van der Waals surface area contributed by atoms with E-state index < -0.39 is 0 Å². The summed E-state index contributed by atoms with van der Waals surface area (Å²) in [5, 5.41) is 0. The Kier molecular flexibility index (Phi) is 5.19. The van der Waals surface area contributed by atoms with E-state index in [-0.39, 0.29) is 5.91 Å². The van der Waals surface area contributed by atoms with Crippen LogP contribution in [0, 0.1) is 5.92 Å². The van der Waals surface area contributed by atoms with Crippen LogP contribution < -0.4 is 4.74 Å². The maximum Gasteiger partial charge on any atom is 0.254 e. The molecule has 0 unspecified atom stereocenters. The highest BCUT2D eigenvalue weighted by Crippen LogP contribution is 2.28. The molecular formula is C22H26N2O2. The molecule has 2 aromatic rings. The van der Waals surface area contributed by atoms with Crippen LogP contribution in [0.15, 0.2) is 42.7 Å². The lowest BCUT2D eigenvalue weighted by molar-refractivity contribution is 0.0699. The van der Waals surface area contributed by atoms with Crippen molar-refractivity contribution in [1.29, 1.82) is 0 Å². The smallest absolute Gasteiger partial charge is 0.254 e. The first-order valence-corrected chi connectivity index (χ1v) is 9.73. The van der Waals surface area contributed by atoms with Gasteiger partial charge >= 0.3 is 0 Å². The van der Waals surface area contributed by atoms with Crippen molar-refractivity contribution in [3.05, 3.63) is 59.4 Å². The number of carbonyl (C=O) groups excluding carboxylic acids is 1. The van der Waals surface area contributed by atoms with Crippen molar-refractivity contribution in [1.82, 2.24) is 9.88 Å². The Bertz CT molecular complexity index is 754. The molecule has 26 heavy (non-hydrogen) atoms. The minimum absolute atomic E-state index is 0.120. The summed E-state index contributed by atoms with van der Waals surface area (Å²) in [5.41, 5.74) is 3.00. The third kappa shape index (κ3) is 3.90. The standard InChI is InChI=1S/C22H26N2O2/c25-22(20-8-9-21-19(13-20)10-12-26-21)24(15-17-5-2-1-3-6-17)16-18-7-4-11-23-14-18/h4,7-9,11,13-14,17H,1-3,5-6,10,12,15-16H2. The van der Waals surface area contributed by atoms with E-state index in [0.717, 1.165) is 35.4 Å². The van der Waals surface area contributed by atoms with Crippen LogP contribution in [0.2, 0.25) is 0 Å². The van der Waals surface area contributed by atoms with Crippen molar-refractivity contribution in [2.24, 2.45) is 5.92 Å². The van der Waals surface area contributed by atoms with Gasteiger partial charge in [0.15, 0.2) is 0 Å². The van der Waals surface area contributed by atoms with E-state index in [9.17, 15) is 4.79 Å². The maximum absolute atomic E-state index is 13.3. The first-order chi connectivity index (χ1) is 12.8. The van der Waals surface area contributed by atoms with E-state index in [1.165, 1.54) is 32.1 Å². The highest BCUT2D eigenvalue weighted by molar-refractivity contribution is 5.94. The molecule has 0 atom stereocenters. The average molecular weight is 350 g/mol. The number of carbonyl (C=O) groups is 1. The number of hydrogen-bond donors (Lipinski definition) is 0. The van der Waals surface area contributed by atoms with E-state index in [0.29, 0.717) is 19.1 Å². The molecule has 4 nitrogen and oxygen atoms in total. The van der Waals surface area contributed by atoms with Gasteiger partial charge in [-0.3, -0.25) is 9.78 Å². The van der Waals surface area contributed by atoms with E-state index in [1.807, 2.05) is 41.4 Å². The molecule has 0 bridgehead atoms. The molecular weight excluding hydrogens is 324 g/mol. The molecule has 2 heterocycles. The molecule has 1 aromatic carbocycles. The molecule has 4 heteroatoms. The third-order valence-electron chi connectivity index (χ3n) is 5.52. The second-order valence-corrected chi connectivity index (χ2v) is 7.47. The Hall–Kier alpha value is -2.36. The topological polar surface area (TPSA) is 42.4 Å². The first kappa shape index (κ1) is 17.1. The highest BCUT2D eigenvalue weighted by atomic mass is 16.5. The van der Waals surface area contributed by atoms with E-state index >= 15 is 0 Å². The van der Waals surface area contributed by atoms with Crippen molar-refractivity contribution in [3.8, 4) is 5.75 Å². The van der Waals surface area contributed by atoms with Crippen molar-refractivity contribution < 1.29 is 9.53 Å². The lowest BCUT2D eigenvalue weighted by Gasteiger charge is -2.30. The molecule has 1 fully saturated rings. The summed E-state index contributed by atoms with van der Waals surface area (Å²) in [6, 6.07) is 9.85.